The summed E-state index contributed by atoms with van der Waals surface area (Å²) in [4.78, 5) is 2.41. The van der Waals surface area contributed by atoms with Gasteiger partial charge in [0, 0.05) is 19.3 Å². The summed E-state index contributed by atoms with van der Waals surface area (Å²) >= 11 is 0. The highest BCUT2D eigenvalue weighted by Gasteiger charge is 2.13. The van der Waals surface area contributed by atoms with Gasteiger partial charge in [-0.15, -0.1) is 0 Å². The fraction of sp³-hybridized carbons (Fsp3) is 0.571. The van der Waals surface area contributed by atoms with Crippen LogP contribution in [0.5, 0.6) is 0 Å². The van der Waals surface area contributed by atoms with Crippen molar-refractivity contribution in [1.82, 2.24) is 0 Å². The van der Waals surface area contributed by atoms with Crippen LogP contribution in [0.4, 0.5) is 5.69 Å². The number of rotatable bonds is 1. The molecule has 1 aliphatic rings. The Hall–Kier alpha value is -0.980. The van der Waals surface area contributed by atoms with Crippen molar-refractivity contribution >= 4 is 5.69 Å². The second kappa shape index (κ2) is 4.26. The zero-order chi connectivity index (χ0) is 10.8. The number of anilines is 1. The van der Waals surface area contributed by atoms with E-state index in [1.54, 1.807) is 0 Å². The number of hydrogen-bond donors (Lipinski definition) is 0. The molecule has 0 radical (unpaired) electrons. The molecule has 82 valence electrons. The Morgan fingerprint density at radius 3 is 2.73 bits per heavy atom. The molecule has 15 heavy (non-hydrogen) atoms. The van der Waals surface area contributed by atoms with E-state index in [1.165, 1.54) is 42.6 Å². The van der Waals surface area contributed by atoms with Crippen molar-refractivity contribution in [2.75, 3.05) is 18.5 Å². The van der Waals surface area contributed by atoms with Crippen LogP contribution in [0, 0.1) is 0 Å². The van der Waals surface area contributed by atoms with Gasteiger partial charge in [0.1, 0.15) is 0 Å². The lowest BCUT2D eigenvalue weighted by atomic mass is 9.98. The van der Waals surface area contributed by atoms with Gasteiger partial charge in [-0.2, -0.15) is 0 Å². The van der Waals surface area contributed by atoms with E-state index in [-0.39, 0.29) is 0 Å². The molecule has 0 amide bonds. The average Bonchev–Trinajstić information content (AvgIpc) is 2.40. The second-order valence-corrected chi connectivity index (χ2v) is 4.92. The summed E-state index contributed by atoms with van der Waals surface area (Å²) in [6, 6.07) is 7.00. The van der Waals surface area contributed by atoms with E-state index in [4.69, 9.17) is 0 Å². The number of aryl methyl sites for hydroxylation is 1. The Morgan fingerprint density at radius 1 is 1.20 bits per heavy atom. The average molecular weight is 203 g/mol. The molecule has 0 aliphatic carbocycles. The second-order valence-electron chi connectivity index (χ2n) is 4.92. The molecule has 0 unspecified atom stereocenters. The predicted octanol–water partition coefficient (Wildman–Crippen LogP) is 3.58. The first kappa shape index (κ1) is 10.5. The highest BCUT2D eigenvalue weighted by atomic mass is 15.1. The van der Waals surface area contributed by atoms with E-state index in [0.29, 0.717) is 5.92 Å². The third-order valence-corrected chi connectivity index (χ3v) is 3.38. The molecule has 1 heterocycles. The number of nitrogens with zero attached hydrogens (tertiary/aromatic N) is 1. The van der Waals surface area contributed by atoms with Crippen LogP contribution in [0.1, 0.15) is 43.7 Å². The molecule has 0 bridgehead atoms. The topological polar surface area (TPSA) is 3.24 Å². The van der Waals surface area contributed by atoms with Crippen molar-refractivity contribution < 1.29 is 0 Å². The van der Waals surface area contributed by atoms with Crippen LogP contribution in [0.15, 0.2) is 18.2 Å². The first-order chi connectivity index (χ1) is 7.18. The van der Waals surface area contributed by atoms with Gasteiger partial charge in [-0.05, 0) is 42.4 Å². The van der Waals surface area contributed by atoms with Crippen molar-refractivity contribution in [2.45, 2.75) is 39.0 Å². The summed E-state index contributed by atoms with van der Waals surface area (Å²) in [6.45, 7) is 5.73. The molecule has 0 spiro atoms. The Bertz CT molecular complexity index is 341. The molecule has 0 atom stereocenters. The zero-order valence-electron chi connectivity index (χ0n) is 10.1. The van der Waals surface area contributed by atoms with E-state index in [1.807, 2.05) is 0 Å². The van der Waals surface area contributed by atoms with Crippen LogP contribution in [-0.4, -0.2) is 13.6 Å². The molecule has 1 aromatic rings. The van der Waals surface area contributed by atoms with Crippen molar-refractivity contribution in [1.29, 1.82) is 0 Å². The Morgan fingerprint density at radius 2 is 2.00 bits per heavy atom. The van der Waals surface area contributed by atoms with E-state index >= 15 is 0 Å². The van der Waals surface area contributed by atoms with Crippen LogP contribution < -0.4 is 4.90 Å². The minimum atomic E-state index is 0.631. The summed E-state index contributed by atoms with van der Waals surface area (Å²) in [5, 5.41) is 0. The van der Waals surface area contributed by atoms with E-state index in [2.05, 4.69) is 44.0 Å². The molecule has 0 N–H and O–H groups in total. The maximum absolute atomic E-state index is 2.41. The first-order valence-electron chi connectivity index (χ1n) is 6.02. The lowest BCUT2D eigenvalue weighted by Gasteiger charge is -2.21. The normalized spacial score (nSPS) is 16.4. The van der Waals surface area contributed by atoms with E-state index in [0.717, 1.165) is 0 Å². The SMILES string of the molecule is CC(C)c1ccc2c(c1)N(C)CCCC2. The summed E-state index contributed by atoms with van der Waals surface area (Å²) in [5.41, 5.74) is 4.44. The van der Waals surface area contributed by atoms with Crippen LogP contribution in [0.2, 0.25) is 0 Å². The molecule has 0 saturated heterocycles. The number of hydrogen-bond acceptors (Lipinski definition) is 1. The third kappa shape index (κ3) is 2.17. The monoisotopic (exact) mass is 203 g/mol. The van der Waals surface area contributed by atoms with Crippen molar-refractivity contribution in [2.24, 2.45) is 0 Å². The smallest absolute Gasteiger partial charge is 0.0399 e. The summed E-state index contributed by atoms with van der Waals surface area (Å²) < 4.78 is 0. The van der Waals surface area contributed by atoms with Gasteiger partial charge in [-0.25, -0.2) is 0 Å². The summed E-state index contributed by atoms with van der Waals surface area (Å²) in [6.07, 6.45) is 3.90. The maximum atomic E-state index is 2.41. The van der Waals surface area contributed by atoms with Gasteiger partial charge in [-0.3, -0.25) is 0 Å². The maximum Gasteiger partial charge on any atom is 0.0399 e. The zero-order valence-corrected chi connectivity index (χ0v) is 10.1. The Balaban J connectivity index is 2.39. The van der Waals surface area contributed by atoms with E-state index in [9.17, 15) is 0 Å². The predicted molar refractivity (Wildman–Crippen MR) is 66.7 cm³/mol. The number of fused-ring (bicyclic) bond motifs is 1. The van der Waals surface area contributed by atoms with Crippen LogP contribution in [0.3, 0.4) is 0 Å². The molecule has 0 fully saturated rings. The van der Waals surface area contributed by atoms with E-state index < -0.39 is 0 Å². The van der Waals surface area contributed by atoms with Gasteiger partial charge >= 0.3 is 0 Å². The fourth-order valence-electron chi connectivity index (χ4n) is 2.29. The van der Waals surface area contributed by atoms with Gasteiger partial charge < -0.3 is 4.90 Å². The molecular formula is C14H21N. The summed E-state index contributed by atoms with van der Waals surface area (Å²) in [7, 11) is 2.22. The van der Waals surface area contributed by atoms with Crippen LogP contribution in [0.25, 0.3) is 0 Å². The van der Waals surface area contributed by atoms with Gasteiger partial charge in [0.25, 0.3) is 0 Å². The molecule has 1 aromatic carbocycles. The minimum Gasteiger partial charge on any atom is -0.374 e. The van der Waals surface area contributed by atoms with Gasteiger partial charge in [-0.1, -0.05) is 26.0 Å². The van der Waals surface area contributed by atoms with Crippen molar-refractivity contribution in [3.63, 3.8) is 0 Å². The van der Waals surface area contributed by atoms with Gasteiger partial charge in [0.15, 0.2) is 0 Å². The summed E-state index contributed by atoms with van der Waals surface area (Å²) in [5.74, 6) is 0.631. The molecule has 1 aliphatic heterocycles. The molecule has 0 saturated carbocycles. The minimum absolute atomic E-state index is 0.631. The van der Waals surface area contributed by atoms with Gasteiger partial charge in [0.2, 0.25) is 0 Å². The Kier molecular flexibility index (Phi) is 2.99. The number of benzene rings is 1. The highest BCUT2D eigenvalue weighted by Crippen LogP contribution is 2.28. The van der Waals surface area contributed by atoms with Crippen LogP contribution >= 0.6 is 0 Å². The van der Waals surface area contributed by atoms with Crippen molar-refractivity contribution in [3.8, 4) is 0 Å². The molecule has 2 rings (SSSR count). The Labute approximate surface area is 93.1 Å². The third-order valence-electron chi connectivity index (χ3n) is 3.38. The van der Waals surface area contributed by atoms with Crippen LogP contribution in [-0.2, 0) is 6.42 Å². The molecule has 1 nitrogen and oxygen atoms in total. The van der Waals surface area contributed by atoms with Crippen molar-refractivity contribution in [3.05, 3.63) is 29.3 Å². The lowest BCUT2D eigenvalue weighted by Crippen LogP contribution is -2.17. The molecular weight excluding hydrogens is 182 g/mol. The molecule has 0 aromatic heterocycles. The van der Waals surface area contributed by atoms with Gasteiger partial charge in [0.05, 0.1) is 0 Å². The fourth-order valence-corrected chi connectivity index (χ4v) is 2.29. The quantitative estimate of drug-likeness (QED) is 0.674. The standard InChI is InChI=1S/C14H21N/c1-11(2)13-8-7-12-6-4-5-9-15(3)14(12)10-13/h7-8,10-11H,4-6,9H2,1-3H3. The first-order valence-corrected chi connectivity index (χ1v) is 6.02. The molecule has 1 heteroatoms. The lowest BCUT2D eigenvalue weighted by molar-refractivity contribution is 0.750. The highest BCUT2D eigenvalue weighted by molar-refractivity contribution is 5.56. The largest absolute Gasteiger partial charge is 0.374 e.